The van der Waals surface area contributed by atoms with Crippen LogP contribution < -0.4 is 5.32 Å². The summed E-state index contributed by atoms with van der Waals surface area (Å²) >= 11 is 0. The van der Waals surface area contributed by atoms with Crippen molar-refractivity contribution in [2.24, 2.45) is 0 Å². The first-order valence-corrected chi connectivity index (χ1v) is 8.66. The summed E-state index contributed by atoms with van der Waals surface area (Å²) < 4.78 is 7.21. The average Bonchev–Trinajstić information content (AvgIpc) is 2.95. The summed E-state index contributed by atoms with van der Waals surface area (Å²) in [5.41, 5.74) is 3.64. The number of anilines is 1. The Hall–Kier alpha value is -3.26. The fraction of sp³-hybridized carbons (Fsp3) is 0.238. The van der Waals surface area contributed by atoms with Gasteiger partial charge >= 0.3 is 5.97 Å². The number of nitrogens with one attached hydrogen (secondary N) is 1. The Morgan fingerprint density at radius 3 is 2.58 bits per heavy atom. The first kappa shape index (κ1) is 17.6. The lowest BCUT2D eigenvalue weighted by Crippen LogP contribution is -2.11. The van der Waals surface area contributed by atoms with Gasteiger partial charge in [0, 0.05) is 39.7 Å². The van der Waals surface area contributed by atoms with Crippen LogP contribution in [0.4, 0.5) is 5.69 Å². The number of aromatic nitrogens is 1. The molecule has 2 aromatic carbocycles. The fourth-order valence-electron chi connectivity index (χ4n) is 3.24. The summed E-state index contributed by atoms with van der Waals surface area (Å²) in [7, 11) is 0. The van der Waals surface area contributed by atoms with Gasteiger partial charge in [0.1, 0.15) is 6.07 Å². The molecule has 0 spiro atoms. The molecule has 1 N–H and O–H groups in total. The number of allylic oxidation sites excluding steroid dienone is 1. The van der Waals surface area contributed by atoms with Crippen LogP contribution in [0.2, 0.25) is 0 Å². The summed E-state index contributed by atoms with van der Waals surface area (Å²) in [6.07, 6.45) is 0. The number of hydrogen-bond donors (Lipinski definition) is 1. The van der Waals surface area contributed by atoms with E-state index in [1.165, 1.54) is 10.9 Å². The van der Waals surface area contributed by atoms with Gasteiger partial charge in [-0.25, -0.2) is 4.79 Å². The SMILES string of the molecule is CCOC(=O)/C(C#N)=C(/C)Nc1ccc2c(c1)c1ccccc1n2CC. The third-order valence-electron chi connectivity index (χ3n) is 4.39. The molecule has 0 aliphatic rings. The largest absolute Gasteiger partial charge is 0.462 e. The Bertz CT molecular complexity index is 1050. The van der Waals surface area contributed by atoms with Crippen LogP contribution in [0, 0.1) is 11.3 Å². The predicted molar refractivity (Wildman–Crippen MR) is 104 cm³/mol. The highest BCUT2D eigenvalue weighted by Crippen LogP contribution is 2.31. The van der Waals surface area contributed by atoms with E-state index in [1.807, 2.05) is 30.3 Å². The van der Waals surface area contributed by atoms with Crippen molar-refractivity contribution in [1.29, 1.82) is 5.26 Å². The van der Waals surface area contributed by atoms with E-state index in [2.05, 4.69) is 35.0 Å². The molecule has 3 aromatic rings. The van der Waals surface area contributed by atoms with E-state index >= 15 is 0 Å². The van der Waals surface area contributed by atoms with Gasteiger partial charge in [-0.1, -0.05) is 18.2 Å². The van der Waals surface area contributed by atoms with Gasteiger partial charge in [0.05, 0.1) is 6.61 Å². The lowest BCUT2D eigenvalue weighted by Gasteiger charge is -2.10. The van der Waals surface area contributed by atoms with E-state index in [1.54, 1.807) is 13.8 Å². The Kier molecular flexibility index (Phi) is 4.94. The molecule has 1 aromatic heterocycles. The first-order chi connectivity index (χ1) is 12.6. The minimum absolute atomic E-state index is 0.0112. The number of esters is 1. The molecule has 0 radical (unpaired) electrons. The third-order valence-corrected chi connectivity index (χ3v) is 4.39. The summed E-state index contributed by atoms with van der Waals surface area (Å²) in [6, 6.07) is 16.3. The minimum atomic E-state index is -0.608. The van der Waals surface area contributed by atoms with Gasteiger partial charge in [0.25, 0.3) is 0 Å². The molecule has 0 aliphatic carbocycles. The molecular formula is C21H21N3O2. The second-order valence-electron chi connectivity index (χ2n) is 5.95. The lowest BCUT2D eigenvalue weighted by molar-refractivity contribution is -0.138. The molecule has 0 atom stereocenters. The van der Waals surface area contributed by atoms with Crippen LogP contribution >= 0.6 is 0 Å². The number of rotatable bonds is 5. The standard InChI is InChI=1S/C21H21N3O2/c1-4-24-19-9-7-6-8-16(19)17-12-15(10-11-20(17)24)23-14(3)18(13-22)21(25)26-5-2/h6-12,23H,4-5H2,1-3H3/b18-14-. The van der Waals surface area contributed by atoms with Crippen molar-refractivity contribution < 1.29 is 9.53 Å². The molecule has 5 heteroatoms. The Morgan fingerprint density at radius 1 is 1.15 bits per heavy atom. The molecule has 26 heavy (non-hydrogen) atoms. The summed E-state index contributed by atoms with van der Waals surface area (Å²) in [4.78, 5) is 11.9. The van der Waals surface area contributed by atoms with Gasteiger partial charge < -0.3 is 14.6 Å². The van der Waals surface area contributed by atoms with E-state index in [4.69, 9.17) is 4.74 Å². The highest BCUT2D eigenvalue weighted by Gasteiger charge is 2.15. The van der Waals surface area contributed by atoms with Crippen LogP contribution in [-0.4, -0.2) is 17.1 Å². The molecular weight excluding hydrogens is 326 g/mol. The number of aryl methyl sites for hydroxylation is 1. The zero-order chi connectivity index (χ0) is 18.7. The van der Waals surface area contributed by atoms with E-state index < -0.39 is 5.97 Å². The Labute approximate surface area is 152 Å². The Balaban J connectivity index is 2.06. The van der Waals surface area contributed by atoms with Gasteiger partial charge in [0.2, 0.25) is 0 Å². The van der Waals surface area contributed by atoms with Gasteiger partial charge in [0.15, 0.2) is 5.57 Å². The van der Waals surface area contributed by atoms with Crippen LogP contribution in [-0.2, 0) is 16.1 Å². The number of carbonyl (C=O) groups is 1. The van der Waals surface area contributed by atoms with Crippen LogP contribution in [0.25, 0.3) is 21.8 Å². The third kappa shape index (κ3) is 3.02. The van der Waals surface area contributed by atoms with Crippen LogP contribution in [0.3, 0.4) is 0 Å². The van der Waals surface area contributed by atoms with Crippen molar-refractivity contribution in [1.82, 2.24) is 4.57 Å². The molecule has 0 saturated heterocycles. The van der Waals surface area contributed by atoms with Crippen molar-refractivity contribution >= 4 is 33.5 Å². The molecule has 0 saturated carbocycles. The smallest absolute Gasteiger partial charge is 0.350 e. The molecule has 0 amide bonds. The van der Waals surface area contributed by atoms with Gasteiger partial charge in [-0.2, -0.15) is 5.26 Å². The van der Waals surface area contributed by atoms with Crippen molar-refractivity contribution in [3.63, 3.8) is 0 Å². The molecule has 0 bridgehead atoms. The van der Waals surface area contributed by atoms with Crippen LogP contribution in [0.15, 0.2) is 53.7 Å². The maximum atomic E-state index is 11.9. The molecule has 5 nitrogen and oxygen atoms in total. The Morgan fingerprint density at radius 2 is 1.88 bits per heavy atom. The monoisotopic (exact) mass is 347 g/mol. The molecule has 0 fully saturated rings. The molecule has 132 valence electrons. The van der Waals surface area contributed by atoms with E-state index in [0.29, 0.717) is 5.70 Å². The van der Waals surface area contributed by atoms with E-state index in [9.17, 15) is 10.1 Å². The van der Waals surface area contributed by atoms with Crippen LogP contribution in [0.5, 0.6) is 0 Å². The minimum Gasteiger partial charge on any atom is -0.462 e. The van der Waals surface area contributed by atoms with Gasteiger partial charge in [-0.3, -0.25) is 0 Å². The molecule has 0 unspecified atom stereocenters. The quantitative estimate of drug-likeness (QED) is 0.416. The van der Waals surface area contributed by atoms with Crippen LogP contribution in [0.1, 0.15) is 20.8 Å². The highest BCUT2D eigenvalue weighted by molar-refractivity contribution is 6.09. The highest BCUT2D eigenvalue weighted by atomic mass is 16.5. The van der Waals surface area contributed by atoms with Crippen molar-refractivity contribution in [3.8, 4) is 6.07 Å². The number of nitrogens with zero attached hydrogens (tertiary/aromatic N) is 2. The van der Waals surface area contributed by atoms with Crippen molar-refractivity contribution in [2.45, 2.75) is 27.3 Å². The predicted octanol–water partition coefficient (Wildman–Crippen LogP) is 4.59. The summed E-state index contributed by atoms with van der Waals surface area (Å²) in [5.74, 6) is -0.608. The lowest BCUT2D eigenvalue weighted by atomic mass is 10.1. The summed E-state index contributed by atoms with van der Waals surface area (Å²) in [6.45, 7) is 6.67. The zero-order valence-electron chi connectivity index (χ0n) is 15.2. The number of nitriles is 1. The maximum absolute atomic E-state index is 11.9. The second-order valence-corrected chi connectivity index (χ2v) is 5.95. The zero-order valence-corrected chi connectivity index (χ0v) is 15.2. The number of carbonyl (C=O) groups excluding carboxylic acids is 1. The topological polar surface area (TPSA) is 67.1 Å². The molecule has 1 heterocycles. The number of fused-ring (bicyclic) bond motifs is 3. The van der Waals surface area contributed by atoms with Gasteiger partial charge in [-0.05, 0) is 45.0 Å². The molecule has 3 rings (SSSR count). The fourth-order valence-corrected chi connectivity index (χ4v) is 3.24. The number of hydrogen-bond acceptors (Lipinski definition) is 4. The van der Waals surface area contributed by atoms with Gasteiger partial charge in [-0.15, -0.1) is 0 Å². The normalized spacial score (nSPS) is 11.9. The number of ether oxygens (including phenoxy) is 1. The van der Waals surface area contributed by atoms with Crippen molar-refractivity contribution in [3.05, 3.63) is 53.7 Å². The van der Waals surface area contributed by atoms with E-state index in [-0.39, 0.29) is 12.2 Å². The number of benzene rings is 2. The average molecular weight is 347 g/mol. The van der Waals surface area contributed by atoms with Crippen molar-refractivity contribution in [2.75, 3.05) is 11.9 Å². The maximum Gasteiger partial charge on any atom is 0.350 e. The number of para-hydroxylation sites is 1. The summed E-state index contributed by atoms with van der Waals surface area (Å²) in [5, 5.41) is 14.7. The van der Waals surface area contributed by atoms with E-state index in [0.717, 1.165) is 23.1 Å². The molecule has 0 aliphatic heterocycles. The first-order valence-electron chi connectivity index (χ1n) is 8.66. The second kappa shape index (κ2) is 7.32.